The predicted octanol–water partition coefficient (Wildman–Crippen LogP) is 3.04. The second-order valence-electron chi connectivity index (χ2n) is 5.43. The lowest BCUT2D eigenvalue weighted by Crippen LogP contribution is -2.43. The molecule has 0 saturated carbocycles. The molecule has 138 valence electrons. The van der Waals surface area contributed by atoms with Gasteiger partial charge < -0.3 is 15.5 Å². The summed E-state index contributed by atoms with van der Waals surface area (Å²) in [6.45, 7) is 0.961. The lowest BCUT2D eigenvalue weighted by atomic mass is 10.2. The molecule has 0 fully saturated rings. The minimum atomic E-state index is -0.151. The van der Waals surface area contributed by atoms with E-state index < -0.39 is 0 Å². The number of benzene rings is 1. The van der Waals surface area contributed by atoms with Crippen LogP contribution < -0.4 is 10.6 Å². The van der Waals surface area contributed by atoms with E-state index in [0.717, 1.165) is 18.5 Å². The summed E-state index contributed by atoms with van der Waals surface area (Å²) in [6.07, 6.45) is 6.31. The minimum absolute atomic E-state index is 0. The number of aliphatic imine (C=N–C) groups is 1. The molecule has 2 N–H and O–H groups in total. The van der Waals surface area contributed by atoms with Crippen molar-refractivity contribution >= 4 is 52.9 Å². The average molecular weight is 482 g/mol. The molecule has 0 unspecified atom stereocenters. The van der Waals surface area contributed by atoms with Crippen molar-refractivity contribution in [2.45, 2.75) is 6.42 Å². The third-order valence-electron chi connectivity index (χ3n) is 3.57. The summed E-state index contributed by atoms with van der Waals surface area (Å²) in [7, 11) is 3.66. The largest absolute Gasteiger partial charge is 0.347 e. The fraction of sp³-hybridized carbons (Fsp3) is 0.263. The number of halogens is 1. The number of carbonyl (C=O) groups is 1. The molecule has 2 rings (SSSR count). The zero-order valence-corrected chi connectivity index (χ0v) is 18.0. The standard InChI is InChI=1S/C19H22N4OS.HI/c1-4-15-7-5-8-16(13-15)22-18(24)14-21-19(20-2)23(3)11-10-17-9-6-12-25-17;/h1,5-9,12-13H,10-11,14H2,2-3H3,(H,20,21)(H,22,24);1H. The predicted molar refractivity (Wildman–Crippen MR) is 120 cm³/mol. The maximum absolute atomic E-state index is 12.1. The number of anilines is 1. The van der Waals surface area contributed by atoms with Gasteiger partial charge in [0.05, 0.1) is 6.54 Å². The molecule has 0 aliphatic carbocycles. The van der Waals surface area contributed by atoms with Gasteiger partial charge in [-0.25, -0.2) is 0 Å². The zero-order valence-electron chi connectivity index (χ0n) is 14.9. The van der Waals surface area contributed by atoms with E-state index in [1.165, 1.54) is 4.88 Å². The van der Waals surface area contributed by atoms with Gasteiger partial charge in [0.25, 0.3) is 0 Å². The first-order valence-electron chi connectivity index (χ1n) is 7.93. The van der Waals surface area contributed by atoms with E-state index in [1.807, 2.05) is 30.1 Å². The first kappa shape index (κ1) is 22.0. The van der Waals surface area contributed by atoms with E-state index in [-0.39, 0.29) is 36.4 Å². The molecule has 26 heavy (non-hydrogen) atoms. The first-order chi connectivity index (χ1) is 12.1. The Hall–Kier alpha value is -2.05. The number of thiophene rings is 1. The van der Waals surface area contributed by atoms with Gasteiger partial charge in [0.2, 0.25) is 5.91 Å². The highest BCUT2D eigenvalue weighted by molar-refractivity contribution is 14.0. The van der Waals surface area contributed by atoms with Gasteiger partial charge >= 0.3 is 0 Å². The van der Waals surface area contributed by atoms with Crippen molar-refractivity contribution < 1.29 is 4.79 Å². The smallest absolute Gasteiger partial charge is 0.243 e. The number of rotatable bonds is 6. The van der Waals surface area contributed by atoms with Crippen LogP contribution in [0.4, 0.5) is 5.69 Å². The molecular formula is C19H23IN4OS. The van der Waals surface area contributed by atoms with E-state index in [4.69, 9.17) is 6.42 Å². The van der Waals surface area contributed by atoms with Crippen molar-refractivity contribution in [3.05, 3.63) is 52.2 Å². The third kappa shape index (κ3) is 7.06. The van der Waals surface area contributed by atoms with Gasteiger partial charge in [-0.2, -0.15) is 0 Å². The van der Waals surface area contributed by atoms with E-state index in [1.54, 1.807) is 30.5 Å². The lowest BCUT2D eigenvalue weighted by Gasteiger charge is -2.21. The van der Waals surface area contributed by atoms with E-state index in [0.29, 0.717) is 11.6 Å². The highest BCUT2D eigenvalue weighted by Gasteiger charge is 2.09. The normalized spacial score (nSPS) is 10.4. The van der Waals surface area contributed by atoms with Crippen LogP contribution in [-0.2, 0) is 11.2 Å². The Labute approximate surface area is 175 Å². The molecule has 1 amide bonds. The number of guanidine groups is 1. The number of likely N-dealkylation sites (N-methyl/N-ethyl adjacent to an activating group) is 1. The Kier molecular flexibility index (Phi) is 9.76. The molecule has 0 radical (unpaired) electrons. The van der Waals surface area contributed by atoms with Gasteiger partial charge in [-0.15, -0.1) is 41.7 Å². The van der Waals surface area contributed by atoms with Gasteiger partial charge in [-0.05, 0) is 36.1 Å². The third-order valence-corrected chi connectivity index (χ3v) is 4.50. The SMILES string of the molecule is C#Cc1cccc(NC(=O)CNC(=NC)N(C)CCc2cccs2)c1.I. The Bertz CT molecular complexity index is 768. The molecule has 7 heteroatoms. The molecule has 0 saturated heterocycles. The highest BCUT2D eigenvalue weighted by atomic mass is 127. The summed E-state index contributed by atoms with van der Waals surface area (Å²) < 4.78 is 0. The maximum atomic E-state index is 12.1. The van der Waals surface area contributed by atoms with Crippen molar-refractivity contribution in [1.82, 2.24) is 10.2 Å². The summed E-state index contributed by atoms with van der Waals surface area (Å²) in [5, 5.41) is 7.97. The molecule has 0 aliphatic heterocycles. The molecule has 5 nitrogen and oxygen atoms in total. The van der Waals surface area contributed by atoms with E-state index in [9.17, 15) is 4.79 Å². The zero-order chi connectivity index (χ0) is 18.1. The second-order valence-corrected chi connectivity index (χ2v) is 6.46. The topological polar surface area (TPSA) is 56.7 Å². The van der Waals surface area contributed by atoms with Crippen LogP contribution in [0.3, 0.4) is 0 Å². The van der Waals surface area contributed by atoms with Crippen LogP contribution >= 0.6 is 35.3 Å². The number of terminal acetylenes is 1. The van der Waals surface area contributed by atoms with Gasteiger partial charge in [-0.1, -0.05) is 18.1 Å². The van der Waals surface area contributed by atoms with Gasteiger partial charge in [0.1, 0.15) is 0 Å². The maximum Gasteiger partial charge on any atom is 0.243 e. The molecule has 0 aliphatic rings. The minimum Gasteiger partial charge on any atom is -0.347 e. The van der Waals surface area contributed by atoms with E-state index >= 15 is 0 Å². The van der Waals surface area contributed by atoms with Crippen molar-refractivity contribution in [2.24, 2.45) is 4.99 Å². The summed E-state index contributed by atoms with van der Waals surface area (Å²) in [6, 6.07) is 11.4. The molecule has 0 spiro atoms. The van der Waals surface area contributed by atoms with Crippen LogP contribution in [0.15, 0.2) is 46.8 Å². The molecule has 1 aromatic carbocycles. The quantitative estimate of drug-likeness (QED) is 0.288. The Balaban J connectivity index is 0.00000338. The van der Waals surface area contributed by atoms with Gasteiger partial charge in [0, 0.05) is 36.8 Å². The van der Waals surface area contributed by atoms with Crippen molar-refractivity contribution in [1.29, 1.82) is 0 Å². The van der Waals surface area contributed by atoms with Crippen molar-refractivity contribution in [3.8, 4) is 12.3 Å². The Morgan fingerprint density at radius 1 is 1.35 bits per heavy atom. The summed E-state index contributed by atoms with van der Waals surface area (Å²) in [5.41, 5.74) is 1.41. The van der Waals surface area contributed by atoms with E-state index in [2.05, 4.69) is 33.0 Å². The van der Waals surface area contributed by atoms with Crippen molar-refractivity contribution in [2.75, 3.05) is 32.5 Å². The van der Waals surface area contributed by atoms with Crippen LogP contribution in [0.5, 0.6) is 0 Å². The number of hydrogen-bond acceptors (Lipinski definition) is 3. The Morgan fingerprint density at radius 3 is 2.81 bits per heavy atom. The fourth-order valence-electron chi connectivity index (χ4n) is 2.27. The number of nitrogens with zero attached hydrogens (tertiary/aromatic N) is 2. The van der Waals surface area contributed by atoms with Crippen molar-refractivity contribution in [3.63, 3.8) is 0 Å². The average Bonchev–Trinajstić information content (AvgIpc) is 3.14. The highest BCUT2D eigenvalue weighted by Crippen LogP contribution is 2.10. The van der Waals surface area contributed by atoms with Crippen LogP contribution in [0.25, 0.3) is 0 Å². The van der Waals surface area contributed by atoms with Crippen LogP contribution in [0, 0.1) is 12.3 Å². The first-order valence-corrected chi connectivity index (χ1v) is 8.81. The van der Waals surface area contributed by atoms with Crippen LogP contribution in [0.1, 0.15) is 10.4 Å². The summed E-state index contributed by atoms with van der Waals surface area (Å²) in [4.78, 5) is 19.7. The molecule has 0 atom stereocenters. The van der Waals surface area contributed by atoms with Crippen LogP contribution in [0.2, 0.25) is 0 Å². The fourth-order valence-corrected chi connectivity index (χ4v) is 2.97. The molecule has 2 aromatic rings. The number of amides is 1. The van der Waals surface area contributed by atoms with Gasteiger partial charge in [-0.3, -0.25) is 9.79 Å². The number of hydrogen-bond donors (Lipinski definition) is 2. The molecule has 1 heterocycles. The molecule has 0 bridgehead atoms. The number of carbonyl (C=O) groups excluding carboxylic acids is 1. The number of nitrogens with one attached hydrogen (secondary N) is 2. The van der Waals surface area contributed by atoms with Crippen LogP contribution in [-0.4, -0.2) is 44.0 Å². The van der Waals surface area contributed by atoms with Gasteiger partial charge in [0.15, 0.2) is 5.96 Å². The summed E-state index contributed by atoms with van der Waals surface area (Å²) >= 11 is 1.74. The Morgan fingerprint density at radius 2 is 2.15 bits per heavy atom. The summed E-state index contributed by atoms with van der Waals surface area (Å²) in [5.74, 6) is 3.08. The molecular weight excluding hydrogens is 459 g/mol. The monoisotopic (exact) mass is 482 g/mol. The second kappa shape index (κ2) is 11.5. The molecule has 1 aromatic heterocycles. The lowest BCUT2D eigenvalue weighted by molar-refractivity contribution is -0.115.